The Labute approximate surface area is 119 Å². The van der Waals surface area contributed by atoms with Crippen molar-refractivity contribution in [3.05, 3.63) is 34.8 Å². The van der Waals surface area contributed by atoms with Crippen LogP contribution in [0.4, 0.5) is 0 Å². The van der Waals surface area contributed by atoms with Gasteiger partial charge in [-0.15, -0.1) is 0 Å². The highest BCUT2D eigenvalue weighted by molar-refractivity contribution is 9.10. The highest BCUT2D eigenvalue weighted by atomic mass is 79.9. The van der Waals surface area contributed by atoms with Crippen LogP contribution in [-0.2, 0) is 17.9 Å². The Bertz CT molecular complexity index is 534. The van der Waals surface area contributed by atoms with Crippen molar-refractivity contribution in [3.63, 3.8) is 0 Å². The predicted molar refractivity (Wildman–Crippen MR) is 74.5 cm³/mol. The number of carbonyl (C=O) groups excluding carboxylic acids is 1. The second-order valence-electron chi connectivity index (χ2n) is 4.21. The van der Waals surface area contributed by atoms with Gasteiger partial charge in [0, 0.05) is 25.5 Å². The molecular formula is C12H16BrN5O. The van der Waals surface area contributed by atoms with Gasteiger partial charge >= 0.3 is 0 Å². The van der Waals surface area contributed by atoms with Crippen molar-refractivity contribution in [1.82, 2.24) is 24.9 Å². The quantitative estimate of drug-likeness (QED) is 0.815. The number of nitrogens with zero attached hydrogens (tertiary/aromatic N) is 4. The largest absolute Gasteiger partial charge is 0.354 e. The fraction of sp³-hybridized carbons (Fsp3) is 0.417. The Balaban J connectivity index is 1.69. The van der Waals surface area contributed by atoms with Crippen LogP contribution in [0.25, 0.3) is 0 Å². The van der Waals surface area contributed by atoms with E-state index < -0.39 is 0 Å². The smallest absolute Gasteiger partial charge is 0.241 e. The van der Waals surface area contributed by atoms with Crippen LogP contribution in [0.3, 0.4) is 0 Å². The van der Waals surface area contributed by atoms with Gasteiger partial charge in [-0.25, -0.2) is 0 Å². The van der Waals surface area contributed by atoms with Crippen molar-refractivity contribution < 1.29 is 4.79 Å². The van der Waals surface area contributed by atoms with E-state index in [-0.39, 0.29) is 12.5 Å². The fourth-order valence-electron chi connectivity index (χ4n) is 1.68. The van der Waals surface area contributed by atoms with Crippen LogP contribution >= 0.6 is 15.9 Å². The predicted octanol–water partition coefficient (Wildman–Crippen LogP) is 1.36. The molecule has 0 aliphatic rings. The van der Waals surface area contributed by atoms with Gasteiger partial charge in [0.1, 0.15) is 6.54 Å². The first kappa shape index (κ1) is 13.8. The average Bonchev–Trinajstić information content (AvgIpc) is 3.00. The second kappa shape index (κ2) is 6.51. The van der Waals surface area contributed by atoms with E-state index in [9.17, 15) is 4.79 Å². The molecule has 0 aliphatic heterocycles. The van der Waals surface area contributed by atoms with Gasteiger partial charge in [-0.2, -0.15) is 10.2 Å². The van der Waals surface area contributed by atoms with E-state index in [1.807, 2.05) is 23.9 Å². The zero-order valence-corrected chi connectivity index (χ0v) is 12.3. The molecule has 19 heavy (non-hydrogen) atoms. The van der Waals surface area contributed by atoms with Crippen molar-refractivity contribution in [2.75, 3.05) is 6.54 Å². The Morgan fingerprint density at radius 3 is 2.95 bits per heavy atom. The van der Waals surface area contributed by atoms with Crippen LogP contribution in [0.15, 0.2) is 29.1 Å². The fourth-order valence-corrected chi connectivity index (χ4v) is 1.97. The van der Waals surface area contributed by atoms with Gasteiger partial charge in [0.05, 0.1) is 16.4 Å². The molecule has 0 aliphatic carbocycles. The molecule has 6 nitrogen and oxygen atoms in total. The van der Waals surface area contributed by atoms with Crippen LogP contribution in [0.5, 0.6) is 0 Å². The number of halogens is 1. The van der Waals surface area contributed by atoms with Crippen LogP contribution in [0.1, 0.15) is 12.1 Å². The third kappa shape index (κ3) is 3.92. The molecule has 0 fully saturated rings. The summed E-state index contributed by atoms with van der Waals surface area (Å²) in [5.74, 6) is -0.0286. The third-order valence-corrected chi connectivity index (χ3v) is 3.56. The van der Waals surface area contributed by atoms with Crippen LogP contribution < -0.4 is 5.32 Å². The number of hydrogen-bond donors (Lipinski definition) is 1. The first-order chi connectivity index (χ1) is 9.16. The zero-order valence-electron chi connectivity index (χ0n) is 10.7. The molecule has 0 saturated carbocycles. The highest BCUT2D eigenvalue weighted by Gasteiger charge is 2.07. The first-order valence-corrected chi connectivity index (χ1v) is 6.88. The van der Waals surface area contributed by atoms with Gasteiger partial charge in [-0.3, -0.25) is 14.2 Å². The molecule has 0 saturated heterocycles. The normalized spacial score (nSPS) is 10.6. The number of aryl methyl sites for hydroxylation is 1. The number of carbonyl (C=O) groups is 1. The summed E-state index contributed by atoms with van der Waals surface area (Å²) in [7, 11) is 0. The molecule has 102 valence electrons. The summed E-state index contributed by atoms with van der Waals surface area (Å²) >= 11 is 3.37. The molecule has 2 aromatic rings. The molecule has 0 radical (unpaired) electrons. The average molecular weight is 326 g/mol. The Morgan fingerprint density at radius 2 is 2.32 bits per heavy atom. The molecule has 1 N–H and O–H groups in total. The number of rotatable bonds is 6. The molecule has 0 aromatic carbocycles. The molecule has 2 rings (SSSR count). The van der Waals surface area contributed by atoms with Crippen molar-refractivity contribution in [3.8, 4) is 0 Å². The minimum atomic E-state index is -0.0286. The summed E-state index contributed by atoms with van der Waals surface area (Å²) in [4.78, 5) is 11.7. The van der Waals surface area contributed by atoms with Crippen molar-refractivity contribution >= 4 is 21.8 Å². The monoisotopic (exact) mass is 325 g/mol. The Hall–Kier alpha value is -1.63. The van der Waals surface area contributed by atoms with E-state index in [1.54, 1.807) is 17.1 Å². The molecule has 0 atom stereocenters. The van der Waals surface area contributed by atoms with E-state index in [0.29, 0.717) is 6.54 Å². The van der Waals surface area contributed by atoms with E-state index in [0.717, 1.165) is 23.1 Å². The van der Waals surface area contributed by atoms with Gasteiger partial charge in [0.2, 0.25) is 5.91 Å². The molecule has 2 aromatic heterocycles. The maximum Gasteiger partial charge on any atom is 0.241 e. The van der Waals surface area contributed by atoms with Crippen molar-refractivity contribution in [1.29, 1.82) is 0 Å². The number of aromatic nitrogens is 4. The molecular weight excluding hydrogens is 310 g/mol. The van der Waals surface area contributed by atoms with Gasteiger partial charge in [-0.05, 0) is 35.3 Å². The maximum atomic E-state index is 11.7. The molecule has 0 bridgehead atoms. The van der Waals surface area contributed by atoms with Crippen LogP contribution in [0.2, 0.25) is 0 Å². The standard InChI is InChI=1S/C12H16BrN5O/c1-10-11(13)8-16-18(10)9-12(19)14-4-2-6-17-7-3-5-15-17/h3,5,7-8H,2,4,6,9H2,1H3,(H,14,19). The number of nitrogens with one attached hydrogen (secondary N) is 1. The van der Waals surface area contributed by atoms with Gasteiger partial charge in [-0.1, -0.05) is 0 Å². The summed E-state index contributed by atoms with van der Waals surface area (Å²) in [5, 5.41) is 11.1. The molecule has 1 amide bonds. The lowest BCUT2D eigenvalue weighted by Crippen LogP contribution is -2.29. The van der Waals surface area contributed by atoms with Gasteiger partial charge < -0.3 is 5.32 Å². The molecule has 0 unspecified atom stereocenters. The third-order valence-electron chi connectivity index (χ3n) is 2.78. The minimum Gasteiger partial charge on any atom is -0.354 e. The van der Waals surface area contributed by atoms with Crippen molar-refractivity contribution in [2.45, 2.75) is 26.4 Å². The molecule has 0 spiro atoms. The number of hydrogen-bond acceptors (Lipinski definition) is 3. The van der Waals surface area contributed by atoms with E-state index in [2.05, 4.69) is 31.4 Å². The lowest BCUT2D eigenvalue weighted by atomic mass is 10.4. The van der Waals surface area contributed by atoms with E-state index in [1.165, 1.54) is 0 Å². The summed E-state index contributed by atoms with van der Waals surface area (Å²) in [6, 6.07) is 1.89. The summed E-state index contributed by atoms with van der Waals surface area (Å²) in [5.41, 5.74) is 0.951. The topological polar surface area (TPSA) is 64.7 Å². The Kier molecular flexibility index (Phi) is 4.73. The van der Waals surface area contributed by atoms with E-state index in [4.69, 9.17) is 0 Å². The number of amides is 1. The van der Waals surface area contributed by atoms with Crippen molar-refractivity contribution in [2.24, 2.45) is 0 Å². The first-order valence-electron chi connectivity index (χ1n) is 6.09. The summed E-state index contributed by atoms with van der Waals surface area (Å²) in [6.07, 6.45) is 6.21. The lowest BCUT2D eigenvalue weighted by molar-refractivity contribution is -0.121. The van der Waals surface area contributed by atoms with Crippen LogP contribution in [0, 0.1) is 6.92 Å². The van der Waals surface area contributed by atoms with Gasteiger partial charge in [0.15, 0.2) is 0 Å². The highest BCUT2D eigenvalue weighted by Crippen LogP contribution is 2.13. The van der Waals surface area contributed by atoms with E-state index >= 15 is 0 Å². The minimum absolute atomic E-state index is 0.0286. The summed E-state index contributed by atoms with van der Waals surface area (Å²) < 4.78 is 4.44. The molecule has 2 heterocycles. The second-order valence-corrected chi connectivity index (χ2v) is 5.06. The summed E-state index contributed by atoms with van der Waals surface area (Å²) in [6.45, 7) is 3.61. The van der Waals surface area contributed by atoms with Gasteiger partial charge in [0.25, 0.3) is 0 Å². The molecule has 7 heteroatoms. The SMILES string of the molecule is Cc1c(Br)cnn1CC(=O)NCCCn1cccn1. The van der Waals surface area contributed by atoms with Crippen LogP contribution in [-0.4, -0.2) is 32.0 Å². The lowest BCUT2D eigenvalue weighted by Gasteiger charge is -2.07. The zero-order chi connectivity index (χ0) is 13.7. The maximum absolute atomic E-state index is 11.7. The Morgan fingerprint density at radius 1 is 1.47 bits per heavy atom.